The van der Waals surface area contributed by atoms with E-state index in [1.54, 1.807) is 24.3 Å². The number of alkyl halides is 3. The van der Waals surface area contributed by atoms with Crippen molar-refractivity contribution in [2.45, 2.75) is 90.0 Å². The third-order valence-electron chi connectivity index (χ3n) is 6.60. The lowest BCUT2D eigenvalue weighted by molar-refractivity contribution is -0.243. The highest BCUT2D eigenvalue weighted by molar-refractivity contribution is 5.87. The van der Waals surface area contributed by atoms with Crippen molar-refractivity contribution >= 4 is 11.9 Å². The molecular formula is C29H34F4N4O4. The lowest BCUT2D eigenvalue weighted by Crippen LogP contribution is -2.47. The Balaban J connectivity index is 1.49. The first-order valence-corrected chi connectivity index (χ1v) is 13.7. The van der Waals surface area contributed by atoms with Crippen molar-refractivity contribution in [2.24, 2.45) is 0 Å². The molecule has 0 aliphatic heterocycles. The smallest absolute Gasteiger partial charge is 0.427 e. The Morgan fingerprint density at radius 1 is 1.12 bits per heavy atom. The maximum Gasteiger partial charge on any atom is 0.427 e. The van der Waals surface area contributed by atoms with Gasteiger partial charge < -0.3 is 14.0 Å². The summed E-state index contributed by atoms with van der Waals surface area (Å²) in [6, 6.07) is 8.00. The number of ether oxygens (including phenoxy) is 2. The second-order valence-electron chi connectivity index (χ2n) is 10.9. The van der Waals surface area contributed by atoms with Crippen LogP contribution in [0.4, 0.5) is 28.2 Å². The van der Waals surface area contributed by atoms with E-state index in [1.807, 2.05) is 13.8 Å². The number of rotatable bonds is 12. The summed E-state index contributed by atoms with van der Waals surface area (Å²) < 4.78 is 71.1. The molecule has 8 nitrogen and oxygen atoms in total. The molecule has 0 atom stereocenters. The average Bonchev–Trinajstić information content (AvgIpc) is 3.64. The van der Waals surface area contributed by atoms with E-state index in [0.29, 0.717) is 48.8 Å². The number of hydrogen-bond donors (Lipinski definition) is 0. The van der Waals surface area contributed by atoms with Crippen molar-refractivity contribution in [3.63, 3.8) is 0 Å². The number of halogens is 4. The fourth-order valence-electron chi connectivity index (χ4n) is 4.01. The van der Waals surface area contributed by atoms with Crippen LogP contribution in [0.2, 0.25) is 0 Å². The number of aryl methyl sites for hydroxylation is 1. The molecule has 0 bridgehead atoms. The molecule has 0 radical (unpaired) electrons. The number of aromatic nitrogens is 3. The summed E-state index contributed by atoms with van der Waals surface area (Å²) >= 11 is 0. The van der Waals surface area contributed by atoms with Gasteiger partial charge in [0, 0.05) is 24.4 Å². The minimum atomic E-state index is -4.79. The van der Waals surface area contributed by atoms with Crippen LogP contribution in [0.15, 0.2) is 41.1 Å². The van der Waals surface area contributed by atoms with E-state index in [4.69, 9.17) is 14.0 Å². The molecule has 4 rings (SSSR count). The number of pyridine rings is 1. The fraction of sp³-hybridized carbons (Fsp3) is 0.517. The van der Waals surface area contributed by atoms with Crippen LogP contribution < -0.4 is 9.64 Å². The van der Waals surface area contributed by atoms with Crippen LogP contribution in [0.5, 0.6) is 5.75 Å². The molecule has 2 aromatic heterocycles. The van der Waals surface area contributed by atoms with Crippen molar-refractivity contribution < 1.29 is 36.4 Å². The van der Waals surface area contributed by atoms with E-state index in [2.05, 4.69) is 15.1 Å². The number of carbonyl (C=O) groups is 1. The number of nitrogens with zero attached hydrogens (tertiary/aromatic N) is 4. The summed E-state index contributed by atoms with van der Waals surface area (Å²) in [5, 5.41) is 3.99. The van der Waals surface area contributed by atoms with Gasteiger partial charge in [-0.2, -0.15) is 18.2 Å². The van der Waals surface area contributed by atoms with E-state index in [0.717, 1.165) is 43.6 Å². The standard InChI is InChI=1S/C29H34F4N4O4/c1-18(2)39-21-13-11-19(12-14-21)22-16-24(34-17-23(22)30)37(27(38)40-28(3,4)29(31,32)33)15-7-5-6-8-25-35-26(36-41-25)20-9-10-20/h11-14,16-18,20H,5-10,15H2,1-4H3. The van der Waals surface area contributed by atoms with E-state index >= 15 is 0 Å². The number of anilines is 1. The van der Waals surface area contributed by atoms with E-state index in [1.165, 1.54) is 6.07 Å². The average molecular weight is 579 g/mol. The van der Waals surface area contributed by atoms with Crippen LogP contribution in [-0.2, 0) is 11.2 Å². The molecule has 1 amide bonds. The van der Waals surface area contributed by atoms with Crippen LogP contribution in [-0.4, -0.2) is 45.6 Å². The van der Waals surface area contributed by atoms with Gasteiger partial charge in [0.05, 0.1) is 12.3 Å². The van der Waals surface area contributed by atoms with Crippen LogP contribution in [0.25, 0.3) is 11.1 Å². The molecule has 0 unspecified atom stereocenters. The Labute approximate surface area is 236 Å². The lowest BCUT2D eigenvalue weighted by Gasteiger charge is -2.31. The maximum atomic E-state index is 14.8. The molecule has 1 aliphatic rings. The van der Waals surface area contributed by atoms with Gasteiger partial charge in [0.15, 0.2) is 5.82 Å². The van der Waals surface area contributed by atoms with E-state index in [9.17, 15) is 22.4 Å². The Morgan fingerprint density at radius 3 is 2.46 bits per heavy atom. The Morgan fingerprint density at radius 2 is 1.83 bits per heavy atom. The van der Waals surface area contributed by atoms with Gasteiger partial charge in [-0.3, -0.25) is 4.90 Å². The number of benzene rings is 1. The van der Waals surface area contributed by atoms with Crippen LogP contribution in [0.3, 0.4) is 0 Å². The molecule has 222 valence electrons. The molecular weight excluding hydrogens is 544 g/mol. The quantitative estimate of drug-likeness (QED) is 0.161. The van der Waals surface area contributed by atoms with Crippen molar-refractivity contribution in [3.05, 3.63) is 54.1 Å². The minimum absolute atomic E-state index is 0.00314. The lowest BCUT2D eigenvalue weighted by atomic mass is 10.1. The van der Waals surface area contributed by atoms with Gasteiger partial charge in [-0.05, 0) is 77.1 Å². The normalized spacial score (nSPS) is 13.9. The first kappa shape index (κ1) is 30.3. The van der Waals surface area contributed by atoms with Gasteiger partial charge in [0.2, 0.25) is 11.5 Å². The summed E-state index contributed by atoms with van der Waals surface area (Å²) in [6.45, 7) is 5.31. The molecule has 1 aliphatic carbocycles. The van der Waals surface area contributed by atoms with Crippen molar-refractivity contribution in [1.82, 2.24) is 15.1 Å². The molecule has 1 aromatic carbocycles. The Hall–Kier alpha value is -3.70. The Bertz CT molecular complexity index is 1320. The molecule has 2 heterocycles. The summed E-state index contributed by atoms with van der Waals surface area (Å²) in [6.07, 6.45) is -0.775. The zero-order valence-electron chi connectivity index (χ0n) is 23.5. The molecule has 0 N–H and O–H groups in total. The van der Waals surface area contributed by atoms with Gasteiger partial charge in [-0.15, -0.1) is 0 Å². The molecule has 0 spiro atoms. The highest BCUT2D eigenvalue weighted by atomic mass is 19.4. The topological polar surface area (TPSA) is 90.6 Å². The molecule has 1 fully saturated rings. The molecule has 1 saturated carbocycles. The summed E-state index contributed by atoms with van der Waals surface area (Å²) in [4.78, 5) is 22.5. The van der Waals surface area contributed by atoms with Gasteiger partial charge in [-0.25, -0.2) is 14.2 Å². The maximum absolute atomic E-state index is 14.8. The van der Waals surface area contributed by atoms with Crippen molar-refractivity contribution in [3.8, 4) is 16.9 Å². The van der Waals surface area contributed by atoms with Crippen molar-refractivity contribution in [1.29, 1.82) is 0 Å². The van der Waals surface area contributed by atoms with Gasteiger partial charge in [-0.1, -0.05) is 23.7 Å². The minimum Gasteiger partial charge on any atom is -0.491 e. The summed E-state index contributed by atoms with van der Waals surface area (Å²) in [7, 11) is 0. The fourth-order valence-corrected chi connectivity index (χ4v) is 4.01. The monoisotopic (exact) mass is 578 g/mol. The van der Waals surface area contributed by atoms with E-state index in [-0.39, 0.29) is 24.0 Å². The Kier molecular flexibility index (Phi) is 9.18. The summed E-state index contributed by atoms with van der Waals surface area (Å²) in [5.41, 5.74) is -2.13. The molecule has 0 saturated heterocycles. The largest absolute Gasteiger partial charge is 0.491 e. The SMILES string of the molecule is CC(C)Oc1ccc(-c2cc(N(CCCCCc3nc(C4CC4)no3)C(=O)OC(C)(C)C(F)(F)F)ncc2F)cc1. The van der Waals surface area contributed by atoms with Crippen LogP contribution >= 0.6 is 0 Å². The first-order valence-electron chi connectivity index (χ1n) is 13.7. The second kappa shape index (κ2) is 12.4. The van der Waals surface area contributed by atoms with Crippen molar-refractivity contribution in [2.75, 3.05) is 11.4 Å². The second-order valence-corrected chi connectivity index (χ2v) is 10.9. The van der Waals surface area contributed by atoms with Crippen LogP contribution in [0, 0.1) is 5.82 Å². The number of unbranched alkanes of at least 4 members (excludes halogenated alkanes) is 2. The third kappa shape index (κ3) is 7.95. The first-order chi connectivity index (χ1) is 19.3. The number of hydrogen-bond acceptors (Lipinski definition) is 7. The third-order valence-corrected chi connectivity index (χ3v) is 6.60. The number of amides is 1. The van der Waals surface area contributed by atoms with Gasteiger partial charge >= 0.3 is 12.3 Å². The zero-order chi connectivity index (χ0) is 29.8. The zero-order valence-corrected chi connectivity index (χ0v) is 23.5. The van der Waals surface area contributed by atoms with Gasteiger partial charge in [0.1, 0.15) is 17.4 Å². The predicted molar refractivity (Wildman–Crippen MR) is 143 cm³/mol. The van der Waals surface area contributed by atoms with Gasteiger partial charge in [0.25, 0.3) is 0 Å². The summed E-state index contributed by atoms with van der Waals surface area (Å²) in [5.74, 6) is 1.55. The predicted octanol–water partition coefficient (Wildman–Crippen LogP) is 7.63. The van der Waals surface area contributed by atoms with E-state index < -0.39 is 23.7 Å². The highest BCUT2D eigenvalue weighted by Gasteiger charge is 2.51. The molecule has 41 heavy (non-hydrogen) atoms. The molecule has 3 aromatic rings. The highest BCUT2D eigenvalue weighted by Crippen LogP contribution is 2.38. The van der Waals surface area contributed by atoms with Crippen LogP contribution in [0.1, 0.15) is 77.4 Å². The number of carbonyl (C=O) groups excluding carboxylic acids is 1. The molecule has 12 heteroatoms.